The molecular weight excluding hydrogens is 271 g/mol. The van der Waals surface area contributed by atoms with Crippen LogP contribution in [0.3, 0.4) is 0 Å². The Morgan fingerprint density at radius 1 is 1.24 bits per heavy atom. The van der Waals surface area contributed by atoms with E-state index in [4.69, 9.17) is 5.11 Å². The Balaban J connectivity index is 1.95. The molecule has 0 unspecified atom stereocenters. The van der Waals surface area contributed by atoms with Crippen LogP contribution >= 0.6 is 0 Å². The molecule has 114 valence electrons. The highest BCUT2D eigenvalue weighted by molar-refractivity contribution is 5.97. The molecule has 1 amide bonds. The topological polar surface area (TPSA) is 43.8 Å². The van der Waals surface area contributed by atoms with Crippen molar-refractivity contribution in [3.63, 3.8) is 0 Å². The maximum atomic E-state index is 12.9. The average Bonchev–Trinajstić information content (AvgIpc) is 2.50. The number of carbonyl (C=O) groups is 1. The first-order chi connectivity index (χ1) is 10.1. The largest absolute Gasteiger partial charge is 0.395 e. The van der Waals surface area contributed by atoms with Crippen molar-refractivity contribution in [3.8, 4) is 0 Å². The zero-order chi connectivity index (χ0) is 15.2. The van der Waals surface area contributed by atoms with Gasteiger partial charge in [0.2, 0.25) is 5.91 Å². The van der Waals surface area contributed by atoms with Gasteiger partial charge in [-0.25, -0.2) is 4.39 Å². The molecule has 1 aliphatic heterocycles. The van der Waals surface area contributed by atoms with Crippen LogP contribution in [0.4, 0.5) is 4.39 Å². The third-order valence-electron chi connectivity index (χ3n) is 3.67. The van der Waals surface area contributed by atoms with Crippen molar-refractivity contribution in [1.29, 1.82) is 0 Å². The molecule has 1 saturated heterocycles. The van der Waals surface area contributed by atoms with E-state index in [1.165, 1.54) is 12.1 Å². The summed E-state index contributed by atoms with van der Waals surface area (Å²) in [6.07, 6.45) is 1.78. The van der Waals surface area contributed by atoms with Gasteiger partial charge in [0, 0.05) is 38.3 Å². The Bertz CT molecular complexity index is 506. The molecule has 0 bridgehead atoms. The van der Waals surface area contributed by atoms with Gasteiger partial charge in [-0.05, 0) is 30.7 Å². The first kappa shape index (κ1) is 15.7. The molecule has 0 aliphatic carbocycles. The smallest absolute Gasteiger partial charge is 0.249 e. The van der Waals surface area contributed by atoms with Crippen LogP contribution in [0.15, 0.2) is 29.8 Å². The van der Waals surface area contributed by atoms with Gasteiger partial charge in [0.1, 0.15) is 5.82 Å². The van der Waals surface area contributed by atoms with E-state index in [0.717, 1.165) is 18.7 Å². The first-order valence-corrected chi connectivity index (χ1v) is 7.16. The molecule has 1 fully saturated rings. The number of piperazine rings is 1. The van der Waals surface area contributed by atoms with E-state index in [9.17, 15) is 9.18 Å². The summed E-state index contributed by atoms with van der Waals surface area (Å²) in [7, 11) is 0. The molecule has 2 rings (SSSR count). The summed E-state index contributed by atoms with van der Waals surface area (Å²) in [4.78, 5) is 16.3. The quantitative estimate of drug-likeness (QED) is 0.852. The molecule has 0 saturated carbocycles. The number of aliphatic hydroxyl groups excluding tert-OH is 1. The number of β-amino-alcohol motifs (C(OH)–C–C–N with tert-alkyl or cyclic N) is 1. The van der Waals surface area contributed by atoms with Crippen molar-refractivity contribution in [2.24, 2.45) is 0 Å². The van der Waals surface area contributed by atoms with Crippen LogP contribution in [0.1, 0.15) is 12.5 Å². The first-order valence-electron chi connectivity index (χ1n) is 7.16. The number of amides is 1. The molecule has 1 N–H and O–H groups in total. The number of carbonyl (C=O) groups excluding carboxylic acids is 1. The Kier molecular flexibility index (Phi) is 5.47. The van der Waals surface area contributed by atoms with E-state index < -0.39 is 0 Å². The summed E-state index contributed by atoms with van der Waals surface area (Å²) in [5, 5.41) is 8.91. The molecule has 1 heterocycles. The van der Waals surface area contributed by atoms with E-state index >= 15 is 0 Å². The van der Waals surface area contributed by atoms with Gasteiger partial charge in [-0.15, -0.1) is 0 Å². The summed E-state index contributed by atoms with van der Waals surface area (Å²) in [5.74, 6) is -0.265. The van der Waals surface area contributed by atoms with Gasteiger partial charge in [0.25, 0.3) is 0 Å². The minimum absolute atomic E-state index is 0.0166. The second-order valence-electron chi connectivity index (χ2n) is 5.24. The van der Waals surface area contributed by atoms with Gasteiger partial charge in [0.05, 0.1) is 6.61 Å². The number of hydrogen-bond donors (Lipinski definition) is 1. The fourth-order valence-corrected chi connectivity index (χ4v) is 2.44. The maximum absolute atomic E-state index is 12.9. The van der Waals surface area contributed by atoms with Crippen molar-refractivity contribution in [2.75, 3.05) is 39.3 Å². The molecule has 0 aromatic heterocycles. The third-order valence-corrected chi connectivity index (χ3v) is 3.67. The molecule has 5 heteroatoms. The predicted octanol–water partition coefficient (Wildman–Crippen LogP) is 1.37. The van der Waals surface area contributed by atoms with Crippen LogP contribution in [0.2, 0.25) is 0 Å². The Hall–Kier alpha value is -1.72. The molecule has 1 aromatic carbocycles. The fourth-order valence-electron chi connectivity index (χ4n) is 2.44. The van der Waals surface area contributed by atoms with Crippen molar-refractivity contribution >= 4 is 12.0 Å². The average molecular weight is 292 g/mol. The van der Waals surface area contributed by atoms with Crippen LogP contribution in [-0.4, -0.2) is 60.1 Å². The number of halogens is 1. The normalized spacial score (nSPS) is 17.1. The van der Waals surface area contributed by atoms with Gasteiger partial charge in [-0.3, -0.25) is 9.69 Å². The third kappa shape index (κ3) is 4.37. The highest BCUT2D eigenvalue weighted by atomic mass is 19.1. The van der Waals surface area contributed by atoms with E-state index in [1.54, 1.807) is 25.1 Å². The highest BCUT2D eigenvalue weighted by Crippen LogP contribution is 2.12. The molecule has 0 radical (unpaired) electrons. The maximum Gasteiger partial charge on any atom is 0.249 e. The van der Waals surface area contributed by atoms with Crippen LogP contribution in [0, 0.1) is 5.82 Å². The lowest BCUT2D eigenvalue weighted by Crippen LogP contribution is -2.49. The molecule has 0 spiro atoms. The number of hydrogen-bond acceptors (Lipinski definition) is 3. The number of benzene rings is 1. The van der Waals surface area contributed by atoms with Gasteiger partial charge in [-0.2, -0.15) is 0 Å². The van der Waals surface area contributed by atoms with Crippen molar-refractivity contribution < 1.29 is 14.3 Å². The van der Waals surface area contributed by atoms with Crippen LogP contribution in [0.5, 0.6) is 0 Å². The van der Waals surface area contributed by atoms with Crippen molar-refractivity contribution in [3.05, 3.63) is 41.2 Å². The van der Waals surface area contributed by atoms with Gasteiger partial charge in [-0.1, -0.05) is 12.1 Å². The Morgan fingerprint density at radius 2 is 1.86 bits per heavy atom. The minimum atomic E-state index is -0.281. The standard InChI is InChI=1S/C16H21FN2O2/c1-13(12-14-2-4-15(17)5-3-14)16(21)19-8-6-18(7-9-19)10-11-20/h2-5,12,20H,6-11H2,1H3. The second-order valence-corrected chi connectivity index (χ2v) is 5.24. The summed E-state index contributed by atoms with van der Waals surface area (Å²) < 4.78 is 12.9. The monoisotopic (exact) mass is 292 g/mol. The number of nitrogens with zero attached hydrogens (tertiary/aromatic N) is 2. The molecule has 1 aliphatic rings. The van der Waals surface area contributed by atoms with E-state index in [0.29, 0.717) is 25.2 Å². The lowest BCUT2D eigenvalue weighted by atomic mass is 10.1. The van der Waals surface area contributed by atoms with Gasteiger partial charge in [0.15, 0.2) is 0 Å². The molecule has 4 nitrogen and oxygen atoms in total. The van der Waals surface area contributed by atoms with E-state index in [2.05, 4.69) is 4.90 Å². The number of aliphatic hydroxyl groups is 1. The van der Waals surface area contributed by atoms with Crippen LogP contribution in [0.25, 0.3) is 6.08 Å². The summed E-state index contributed by atoms with van der Waals surface area (Å²) in [6.45, 7) is 5.52. The zero-order valence-electron chi connectivity index (χ0n) is 12.3. The summed E-state index contributed by atoms with van der Waals surface area (Å²) >= 11 is 0. The lowest BCUT2D eigenvalue weighted by molar-refractivity contribution is -0.128. The van der Waals surface area contributed by atoms with E-state index in [-0.39, 0.29) is 18.3 Å². The zero-order valence-corrected chi connectivity index (χ0v) is 12.3. The van der Waals surface area contributed by atoms with Gasteiger partial charge < -0.3 is 10.0 Å². The highest BCUT2D eigenvalue weighted by Gasteiger charge is 2.21. The summed E-state index contributed by atoms with van der Waals surface area (Å²) in [5.41, 5.74) is 1.47. The Morgan fingerprint density at radius 3 is 2.43 bits per heavy atom. The van der Waals surface area contributed by atoms with Crippen LogP contribution in [-0.2, 0) is 4.79 Å². The molecule has 0 atom stereocenters. The SMILES string of the molecule is CC(=Cc1ccc(F)cc1)C(=O)N1CCN(CCO)CC1. The lowest BCUT2D eigenvalue weighted by Gasteiger charge is -2.34. The summed E-state index contributed by atoms with van der Waals surface area (Å²) in [6, 6.07) is 6.09. The second kappa shape index (κ2) is 7.33. The predicted molar refractivity (Wildman–Crippen MR) is 80.2 cm³/mol. The van der Waals surface area contributed by atoms with Crippen molar-refractivity contribution in [1.82, 2.24) is 9.80 Å². The number of rotatable bonds is 4. The van der Waals surface area contributed by atoms with E-state index in [1.807, 2.05) is 4.90 Å². The van der Waals surface area contributed by atoms with Crippen molar-refractivity contribution in [2.45, 2.75) is 6.92 Å². The molecular formula is C16H21FN2O2. The molecule has 21 heavy (non-hydrogen) atoms. The van der Waals surface area contributed by atoms with Crippen LogP contribution < -0.4 is 0 Å². The minimum Gasteiger partial charge on any atom is -0.395 e. The fraction of sp³-hybridized carbons (Fsp3) is 0.438. The van der Waals surface area contributed by atoms with Gasteiger partial charge >= 0.3 is 0 Å². The Labute approximate surface area is 124 Å². The molecule has 1 aromatic rings.